The van der Waals surface area contributed by atoms with Crippen LogP contribution >= 0.6 is 22.9 Å². The monoisotopic (exact) mass is 494 g/mol. The standard InChI is InChI=1S/C26H27ClN4O2S/c1-16(19-6-2-3-7-20(19)27)33-23-13-24(34-25(23)26(28)32)31-15-30-21-9-8-17(12-22(21)31)11-18-5-4-10-29-14-18/h2-3,6-9,12-13,15-16,18,29H,4-5,10-11,14H2,1H3,(H2,28,32)/t16-,18+/m1/s1. The van der Waals surface area contributed by atoms with Crippen molar-refractivity contribution < 1.29 is 9.53 Å². The summed E-state index contributed by atoms with van der Waals surface area (Å²) >= 11 is 7.64. The molecule has 34 heavy (non-hydrogen) atoms. The second-order valence-corrected chi connectivity index (χ2v) is 10.2. The number of halogens is 1. The minimum atomic E-state index is -0.521. The number of amides is 1. The number of hydrogen-bond acceptors (Lipinski definition) is 5. The molecule has 8 heteroatoms. The number of nitrogens with two attached hydrogens (primary N) is 1. The smallest absolute Gasteiger partial charge is 0.262 e. The summed E-state index contributed by atoms with van der Waals surface area (Å²) in [5.74, 6) is 0.579. The molecule has 1 aliphatic rings. The average Bonchev–Trinajstić information content (AvgIpc) is 3.44. The van der Waals surface area contributed by atoms with E-state index in [1.165, 1.54) is 29.7 Å². The van der Waals surface area contributed by atoms with E-state index in [0.717, 1.165) is 41.1 Å². The quantitative estimate of drug-likeness (QED) is 0.354. The Morgan fingerprint density at radius 1 is 1.32 bits per heavy atom. The van der Waals surface area contributed by atoms with Gasteiger partial charge >= 0.3 is 0 Å². The molecule has 0 unspecified atom stereocenters. The number of benzene rings is 2. The zero-order chi connectivity index (χ0) is 23.7. The third kappa shape index (κ3) is 4.69. The van der Waals surface area contributed by atoms with Gasteiger partial charge in [0, 0.05) is 16.7 Å². The summed E-state index contributed by atoms with van der Waals surface area (Å²) in [4.78, 5) is 17.2. The van der Waals surface area contributed by atoms with Crippen molar-refractivity contribution in [2.75, 3.05) is 13.1 Å². The van der Waals surface area contributed by atoms with Crippen LogP contribution in [0.5, 0.6) is 5.75 Å². The van der Waals surface area contributed by atoms with E-state index in [0.29, 0.717) is 21.6 Å². The molecule has 2 aromatic carbocycles. The molecule has 1 saturated heterocycles. The zero-order valence-corrected chi connectivity index (χ0v) is 20.5. The summed E-state index contributed by atoms with van der Waals surface area (Å²) < 4.78 is 8.18. The predicted octanol–water partition coefficient (Wildman–Crippen LogP) is 5.52. The highest BCUT2D eigenvalue weighted by molar-refractivity contribution is 7.16. The first kappa shape index (κ1) is 22.9. The number of fused-ring (bicyclic) bond motifs is 1. The van der Waals surface area contributed by atoms with Crippen LogP contribution in [-0.2, 0) is 6.42 Å². The molecular weight excluding hydrogens is 468 g/mol. The Kier molecular flexibility index (Phi) is 6.59. The molecule has 0 spiro atoms. The molecule has 2 atom stereocenters. The van der Waals surface area contributed by atoms with Gasteiger partial charge in [-0.3, -0.25) is 9.36 Å². The molecule has 1 aliphatic heterocycles. The van der Waals surface area contributed by atoms with Crippen LogP contribution in [0.3, 0.4) is 0 Å². The van der Waals surface area contributed by atoms with Gasteiger partial charge in [0.15, 0.2) is 0 Å². The van der Waals surface area contributed by atoms with Gasteiger partial charge in [0.25, 0.3) is 5.91 Å². The van der Waals surface area contributed by atoms with Gasteiger partial charge in [-0.05, 0) is 69.0 Å². The second-order valence-electron chi connectivity index (χ2n) is 8.78. The molecule has 1 fully saturated rings. The number of hydrogen-bond donors (Lipinski definition) is 2. The maximum absolute atomic E-state index is 12.2. The molecule has 6 nitrogen and oxygen atoms in total. The van der Waals surface area contributed by atoms with E-state index in [9.17, 15) is 4.79 Å². The van der Waals surface area contributed by atoms with E-state index < -0.39 is 5.91 Å². The number of piperidine rings is 1. The Morgan fingerprint density at radius 3 is 2.94 bits per heavy atom. The van der Waals surface area contributed by atoms with Crippen molar-refractivity contribution in [3.05, 3.63) is 75.9 Å². The van der Waals surface area contributed by atoms with E-state index in [-0.39, 0.29) is 6.10 Å². The Balaban J connectivity index is 1.46. The number of carbonyl (C=O) groups is 1. The molecular formula is C26H27ClN4O2S. The van der Waals surface area contributed by atoms with Crippen molar-refractivity contribution in [3.63, 3.8) is 0 Å². The van der Waals surface area contributed by atoms with E-state index in [2.05, 4.69) is 28.5 Å². The Bertz CT molecular complexity index is 1330. The summed E-state index contributed by atoms with van der Waals surface area (Å²) in [5, 5.41) is 4.94. The number of imidazole rings is 1. The summed E-state index contributed by atoms with van der Waals surface area (Å²) in [6, 6.07) is 15.8. The number of primary amides is 1. The van der Waals surface area contributed by atoms with Crippen LogP contribution in [-0.4, -0.2) is 28.5 Å². The normalized spacial score (nSPS) is 17.1. The molecule has 0 bridgehead atoms. The fourth-order valence-corrected chi connectivity index (χ4v) is 5.80. The van der Waals surface area contributed by atoms with Gasteiger partial charge in [-0.15, -0.1) is 11.3 Å². The highest BCUT2D eigenvalue weighted by Gasteiger charge is 2.21. The lowest BCUT2D eigenvalue weighted by molar-refractivity contribution is 0.0998. The number of nitrogens with zero attached hydrogens (tertiary/aromatic N) is 2. The van der Waals surface area contributed by atoms with Crippen LogP contribution in [0, 0.1) is 5.92 Å². The van der Waals surface area contributed by atoms with Crippen LogP contribution < -0.4 is 15.8 Å². The van der Waals surface area contributed by atoms with Gasteiger partial charge < -0.3 is 15.8 Å². The third-order valence-electron chi connectivity index (χ3n) is 6.33. The summed E-state index contributed by atoms with van der Waals surface area (Å²) in [7, 11) is 0. The molecule has 4 aromatic rings. The van der Waals surface area contributed by atoms with Crippen molar-refractivity contribution in [2.45, 2.75) is 32.3 Å². The van der Waals surface area contributed by atoms with Crippen molar-refractivity contribution in [2.24, 2.45) is 11.7 Å². The van der Waals surface area contributed by atoms with Crippen molar-refractivity contribution in [1.29, 1.82) is 0 Å². The second kappa shape index (κ2) is 9.78. The Labute approximate surface area is 207 Å². The van der Waals surface area contributed by atoms with Crippen LogP contribution in [0.15, 0.2) is 54.9 Å². The Hall–Kier alpha value is -2.87. The highest BCUT2D eigenvalue weighted by Crippen LogP contribution is 2.37. The summed E-state index contributed by atoms with van der Waals surface area (Å²) in [6.45, 7) is 4.08. The van der Waals surface area contributed by atoms with E-state index >= 15 is 0 Å². The molecule has 3 heterocycles. The molecule has 0 saturated carbocycles. The van der Waals surface area contributed by atoms with Gasteiger partial charge in [0.05, 0.1) is 11.0 Å². The highest BCUT2D eigenvalue weighted by atomic mass is 35.5. The van der Waals surface area contributed by atoms with E-state index in [4.69, 9.17) is 22.1 Å². The van der Waals surface area contributed by atoms with Crippen molar-refractivity contribution in [1.82, 2.24) is 14.9 Å². The third-order valence-corrected chi connectivity index (χ3v) is 7.80. The molecule has 176 valence electrons. The fourth-order valence-electron chi connectivity index (χ4n) is 4.59. The van der Waals surface area contributed by atoms with Gasteiger partial charge in [-0.1, -0.05) is 35.9 Å². The Morgan fingerprint density at radius 2 is 2.18 bits per heavy atom. The zero-order valence-electron chi connectivity index (χ0n) is 19.0. The van der Waals surface area contributed by atoms with E-state index in [1.54, 1.807) is 6.33 Å². The minimum Gasteiger partial charge on any atom is -0.484 e. The number of ether oxygens (including phenoxy) is 1. The summed E-state index contributed by atoms with van der Waals surface area (Å²) in [5.41, 5.74) is 9.75. The molecule has 3 N–H and O–H groups in total. The SMILES string of the molecule is C[C@@H](Oc1cc(-n2cnc3ccc(C[C@@H]4CCCNC4)cc32)sc1C(N)=O)c1ccccc1Cl. The number of aromatic nitrogens is 2. The average molecular weight is 495 g/mol. The molecule has 0 aliphatic carbocycles. The van der Waals surface area contributed by atoms with Gasteiger partial charge in [-0.2, -0.15) is 0 Å². The molecule has 5 rings (SSSR count). The number of thiophene rings is 1. The number of nitrogens with one attached hydrogen (secondary N) is 1. The van der Waals surface area contributed by atoms with Crippen LogP contribution in [0.4, 0.5) is 0 Å². The maximum atomic E-state index is 12.2. The summed E-state index contributed by atoms with van der Waals surface area (Å²) in [6.07, 6.45) is 4.96. The van der Waals surface area contributed by atoms with Gasteiger partial charge in [-0.25, -0.2) is 4.98 Å². The van der Waals surface area contributed by atoms with Crippen LogP contribution in [0.2, 0.25) is 5.02 Å². The molecule has 0 radical (unpaired) electrons. The first-order valence-electron chi connectivity index (χ1n) is 11.5. The predicted molar refractivity (Wildman–Crippen MR) is 137 cm³/mol. The fraction of sp³-hybridized carbons (Fsp3) is 0.308. The maximum Gasteiger partial charge on any atom is 0.262 e. The number of carbonyl (C=O) groups excluding carboxylic acids is 1. The van der Waals surface area contributed by atoms with Gasteiger partial charge in [0.2, 0.25) is 0 Å². The van der Waals surface area contributed by atoms with Crippen LogP contribution in [0.1, 0.15) is 46.7 Å². The lowest BCUT2D eigenvalue weighted by Gasteiger charge is -2.22. The lowest BCUT2D eigenvalue weighted by atomic mass is 9.92. The molecule has 2 aromatic heterocycles. The first-order valence-corrected chi connectivity index (χ1v) is 12.7. The topological polar surface area (TPSA) is 82.2 Å². The largest absolute Gasteiger partial charge is 0.484 e. The van der Waals surface area contributed by atoms with Crippen LogP contribution in [0.25, 0.3) is 16.0 Å². The number of rotatable bonds is 7. The first-order chi connectivity index (χ1) is 16.5. The van der Waals surface area contributed by atoms with E-state index in [1.807, 2.05) is 41.8 Å². The van der Waals surface area contributed by atoms with Crippen molar-refractivity contribution in [3.8, 4) is 10.8 Å². The molecule has 1 amide bonds. The minimum absolute atomic E-state index is 0.343. The van der Waals surface area contributed by atoms with Gasteiger partial charge in [0.1, 0.15) is 28.1 Å². The lowest BCUT2D eigenvalue weighted by Crippen LogP contribution is -2.30. The van der Waals surface area contributed by atoms with Crippen molar-refractivity contribution >= 4 is 39.9 Å².